The van der Waals surface area contributed by atoms with Crippen molar-refractivity contribution < 1.29 is 43.4 Å². The molecule has 4 N–H and O–H groups in total. The molecule has 15 nitrogen and oxygen atoms in total. The Morgan fingerprint density at radius 1 is 1.30 bits per heavy atom. The Labute approximate surface area is 262 Å². The van der Waals surface area contributed by atoms with E-state index in [0.29, 0.717) is 9.35 Å². The van der Waals surface area contributed by atoms with Crippen molar-refractivity contribution in [3.05, 3.63) is 28.1 Å². The number of rotatable bonds is 10. The van der Waals surface area contributed by atoms with Crippen molar-refractivity contribution >= 4 is 53.8 Å². The van der Waals surface area contributed by atoms with E-state index < -0.39 is 44.2 Å². The van der Waals surface area contributed by atoms with E-state index in [4.69, 9.17) is 29.2 Å². The lowest BCUT2D eigenvalue weighted by molar-refractivity contribution is -0.170. The zero-order valence-corrected chi connectivity index (χ0v) is 27.5. The van der Waals surface area contributed by atoms with Crippen LogP contribution in [0.5, 0.6) is 17.4 Å². The molecule has 0 aliphatic carbocycles. The van der Waals surface area contributed by atoms with E-state index in [1.165, 1.54) is 31.6 Å². The van der Waals surface area contributed by atoms with Gasteiger partial charge in [0.25, 0.3) is 0 Å². The first-order valence-corrected chi connectivity index (χ1v) is 15.4. The summed E-state index contributed by atoms with van der Waals surface area (Å²) in [5, 5.41) is 22.4. The number of fused-ring (bicyclic) bond motifs is 1. The first-order chi connectivity index (χ1) is 20.1. The number of aliphatic hydroxyl groups excluding tert-OH is 1. The van der Waals surface area contributed by atoms with Gasteiger partial charge in [-0.1, -0.05) is 37.6 Å². The highest BCUT2D eigenvalue weighted by molar-refractivity contribution is 14.1. The third kappa shape index (κ3) is 7.44. The van der Waals surface area contributed by atoms with Crippen molar-refractivity contribution in [2.45, 2.75) is 64.7 Å². The van der Waals surface area contributed by atoms with Gasteiger partial charge in [-0.25, -0.2) is 9.78 Å². The summed E-state index contributed by atoms with van der Waals surface area (Å²) in [4.78, 5) is 37.5. The molecule has 43 heavy (non-hydrogen) atoms. The van der Waals surface area contributed by atoms with Crippen LogP contribution >= 0.6 is 30.8 Å². The molecule has 3 aromatic rings. The molecular formula is C26H34IN6O9P. The number of aliphatic hydroxyl groups is 2. The average molecular weight is 732 g/mol. The van der Waals surface area contributed by atoms with Gasteiger partial charge in [-0.2, -0.15) is 9.97 Å². The predicted octanol–water partition coefficient (Wildman–Crippen LogP) is 2.32. The number of ether oxygens (including phenoxy) is 4. The summed E-state index contributed by atoms with van der Waals surface area (Å²) in [5.74, 6) is -0.273. The van der Waals surface area contributed by atoms with E-state index in [2.05, 4.69) is 19.7 Å². The van der Waals surface area contributed by atoms with E-state index >= 15 is 0 Å². The Hall–Kier alpha value is -2.89. The highest BCUT2D eigenvalue weighted by Crippen LogP contribution is 2.42. The molecule has 0 radical (unpaired) electrons. The predicted molar refractivity (Wildman–Crippen MR) is 161 cm³/mol. The maximum absolute atomic E-state index is 12.6. The molecular weight excluding hydrogens is 698 g/mol. The molecule has 0 amide bonds. The summed E-state index contributed by atoms with van der Waals surface area (Å²) in [5.41, 5.74) is 4.37. The number of nitrogens with zero attached hydrogens (tertiary/aromatic N) is 5. The summed E-state index contributed by atoms with van der Waals surface area (Å²) >= 11 is 1.95. The smallest absolute Gasteiger partial charge is 0.395 e. The Balaban J connectivity index is 1.48. The number of esters is 1. The minimum absolute atomic E-state index is 0.0714. The fraction of sp³-hybridized carbons (Fsp3) is 0.538. The largest absolute Gasteiger partial charge is 0.575 e. The standard InChI is InChI=1S/C26H34IN6O9P/c1-13(21(35)40-12-25(2,3)4)32-43(37)42-15-10-8-7-9-14(15)39-11-16-18(34)26(5,36)22(41-16)33-19-17(29-23(33)27)20(38-6)31-24(28)30-19/h7-10,13,16,18,22,34,36H,11-12H2,1-6H3,(H2,28,30,31)/t13-,16+,18+,22+,26+/m0/s1. The van der Waals surface area contributed by atoms with Gasteiger partial charge in [-0.15, -0.1) is 0 Å². The molecule has 0 bridgehead atoms. The van der Waals surface area contributed by atoms with Crippen LogP contribution in [0, 0.1) is 9.25 Å². The molecule has 6 atom stereocenters. The maximum Gasteiger partial charge on any atom is 0.395 e. The van der Waals surface area contributed by atoms with Crippen molar-refractivity contribution in [3.8, 4) is 17.4 Å². The van der Waals surface area contributed by atoms with Crippen LogP contribution in [0.25, 0.3) is 11.2 Å². The second-order valence-corrected chi connectivity index (χ2v) is 13.1. The zero-order chi connectivity index (χ0) is 31.7. The number of nitrogen functional groups attached to an aromatic ring is 1. The summed E-state index contributed by atoms with van der Waals surface area (Å²) in [6, 6.07) is 5.38. The molecule has 1 saturated heterocycles. The van der Waals surface area contributed by atoms with Crippen LogP contribution in [0.15, 0.2) is 29.0 Å². The van der Waals surface area contributed by atoms with E-state index in [0.717, 1.165) is 0 Å². The molecule has 3 heterocycles. The Morgan fingerprint density at radius 3 is 2.63 bits per heavy atom. The number of carbonyl (C=O) groups excluding carboxylic acids is 1. The molecule has 1 fully saturated rings. The highest BCUT2D eigenvalue weighted by Gasteiger charge is 2.54. The van der Waals surface area contributed by atoms with Crippen molar-refractivity contribution in [3.63, 3.8) is 0 Å². The fourth-order valence-electron chi connectivity index (χ4n) is 4.16. The number of nitrogens with two attached hydrogens (primary N) is 1. The first kappa shape index (κ1) is 33.0. The molecule has 1 aliphatic heterocycles. The molecule has 2 aromatic heterocycles. The maximum atomic E-state index is 12.6. The normalized spacial score (nSPS) is 23.3. The second kappa shape index (κ2) is 13.0. The molecule has 0 saturated carbocycles. The van der Waals surface area contributed by atoms with E-state index in [9.17, 15) is 19.9 Å². The van der Waals surface area contributed by atoms with Crippen molar-refractivity contribution in [1.29, 1.82) is 0 Å². The lowest BCUT2D eigenvalue weighted by atomic mass is 9.96. The minimum atomic E-state index is -2.66. The third-order valence-corrected chi connectivity index (χ3v) is 8.00. The van der Waals surface area contributed by atoms with Crippen LogP contribution in [0.4, 0.5) is 5.95 Å². The highest BCUT2D eigenvalue weighted by atomic mass is 127. The van der Waals surface area contributed by atoms with Gasteiger partial charge in [0, 0.05) is 22.6 Å². The Morgan fingerprint density at radius 2 is 1.98 bits per heavy atom. The summed E-state index contributed by atoms with van der Waals surface area (Å²) < 4.78 is 33.7. The molecule has 1 aromatic carbocycles. The SMILES string of the molecule is COc1nc(N)nc2c1nc(I)n2[C@@H]1O[C@H](COc2ccccc2O[P+]([O-])=N[C@@H](C)C(=O)OCC(C)(C)C)[C@@H](O)[C@@]1(C)O. The number of hydrogen-bond donors (Lipinski definition) is 3. The van der Waals surface area contributed by atoms with Crippen molar-refractivity contribution in [1.82, 2.24) is 19.5 Å². The molecule has 17 heteroatoms. The lowest BCUT2D eigenvalue weighted by Crippen LogP contribution is -2.45. The number of imidazole rings is 1. The number of hydrogen-bond acceptors (Lipinski definition) is 14. The number of para-hydroxylation sites is 2. The average Bonchev–Trinajstić information content (AvgIpc) is 3.36. The summed E-state index contributed by atoms with van der Waals surface area (Å²) in [6.45, 7) is 8.61. The van der Waals surface area contributed by atoms with Gasteiger partial charge in [0.2, 0.25) is 17.6 Å². The van der Waals surface area contributed by atoms with Crippen LogP contribution in [-0.2, 0) is 14.3 Å². The number of halogens is 1. The van der Waals surface area contributed by atoms with Gasteiger partial charge in [-0.3, -0.25) is 9.09 Å². The monoisotopic (exact) mass is 732 g/mol. The van der Waals surface area contributed by atoms with Gasteiger partial charge in [0.05, 0.1) is 13.7 Å². The number of carbonyl (C=O) groups is 1. The van der Waals surface area contributed by atoms with E-state index in [1.54, 1.807) is 18.2 Å². The number of benzene rings is 1. The van der Waals surface area contributed by atoms with Crippen LogP contribution in [0.3, 0.4) is 0 Å². The van der Waals surface area contributed by atoms with E-state index in [-0.39, 0.29) is 47.6 Å². The fourth-order valence-corrected chi connectivity index (χ4v) is 5.63. The minimum Gasteiger partial charge on any atom is -0.575 e. The van der Waals surface area contributed by atoms with Crippen molar-refractivity contribution in [2.24, 2.45) is 10.2 Å². The molecule has 4 rings (SSSR count). The van der Waals surface area contributed by atoms with Gasteiger partial charge < -0.3 is 39.8 Å². The van der Waals surface area contributed by atoms with E-state index in [1.807, 2.05) is 43.4 Å². The topological polar surface area (TPSA) is 209 Å². The Bertz CT molecular complexity index is 1510. The molecule has 1 aliphatic rings. The number of aromatic nitrogens is 4. The first-order valence-electron chi connectivity index (χ1n) is 13.2. The molecule has 1 unspecified atom stereocenters. The van der Waals surface area contributed by atoms with Crippen LogP contribution in [0.2, 0.25) is 0 Å². The van der Waals surface area contributed by atoms with Gasteiger partial charge in [0.1, 0.15) is 24.4 Å². The summed E-state index contributed by atoms with van der Waals surface area (Å²) in [7, 11) is -1.24. The zero-order valence-electron chi connectivity index (χ0n) is 24.4. The third-order valence-electron chi connectivity index (χ3n) is 6.35. The lowest BCUT2D eigenvalue weighted by Gasteiger charge is -2.27. The quantitative estimate of drug-likeness (QED) is 0.119. The van der Waals surface area contributed by atoms with Gasteiger partial charge >= 0.3 is 14.1 Å². The molecule has 234 valence electrons. The van der Waals surface area contributed by atoms with Crippen LogP contribution < -0.4 is 24.6 Å². The Kier molecular flexibility index (Phi) is 9.98. The number of methoxy groups -OCH3 is 1. The van der Waals surface area contributed by atoms with Crippen LogP contribution in [0.1, 0.15) is 40.8 Å². The summed E-state index contributed by atoms with van der Waals surface area (Å²) in [6.07, 6.45) is -3.55. The van der Waals surface area contributed by atoms with Crippen LogP contribution in [-0.4, -0.2) is 79.9 Å². The van der Waals surface area contributed by atoms with Gasteiger partial charge in [-0.05, 0) is 31.4 Å². The second-order valence-electron chi connectivity index (χ2n) is 11.3. The van der Waals surface area contributed by atoms with Crippen molar-refractivity contribution in [2.75, 3.05) is 26.1 Å². The van der Waals surface area contributed by atoms with Gasteiger partial charge in [0.15, 0.2) is 33.0 Å². The number of anilines is 1. The molecule has 0 spiro atoms.